The number of halogens is 2. The number of alkyl halides is 2. The van der Waals surface area contributed by atoms with Gasteiger partial charge in [-0.25, -0.2) is 0 Å². The number of carbonyl (C=O) groups is 2. The standard InChI is InChI=1S/C26H22F2N2O5/c27-26(28)35-18-11-9-17(10-12-18)13-14-29-23(31)16-34-24(32)15-30-21-7-3-1-5-19(21)25(33)20-6-2-4-8-22(20)30/h1-12,26H,13-16H2,(H,29,31). The van der Waals surface area contributed by atoms with Crippen LogP contribution in [0, 0.1) is 0 Å². The van der Waals surface area contributed by atoms with E-state index in [1.807, 2.05) is 0 Å². The van der Waals surface area contributed by atoms with Gasteiger partial charge in [0.2, 0.25) is 0 Å². The summed E-state index contributed by atoms with van der Waals surface area (Å²) in [5.41, 5.74) is 1.91. The van der Waals surface area contributed by atoms with Crippen molar-refractivity contribution in [2.24, 2.45) is 0 Å². The van der Waals surface area contributed by atoms with Crippen LogP contribution in [-0.4, -0.2) is 36.2 Å². The van der Waals surface area contributed by atoms with Gasteiger partial charge in [0.1, 0.15) is 12.3 Å². The Morgan fingerprint density at radius 3 is 2.09 bits per heavy atom. The van der Waals surface area contributed by atoms with Crippen LogP contribution in [0.1, 0.15) is 5.56 Å². The van der Waals surface area contributed by atoms with E-state index in [1.54, 1.807) is 65.2 Å². The first-order valence-electron chi connectivity index (χ1n) is 10.9. The molecule has 3 aromatic carbocycles. The van der Waals surface area contributed by atoms with Crippen LogP contribution in [-0.2, 0) is 27.3 Å². The second-order valence-corrected chi connectivity index (χ2v) is 7.73. The molecule has 7 nitrogen and oxygen atoms in total. The highest BCUT2D eigenvalue weighted by atomic mass is 19.3. The van der Waals surface area contributed by atoms with Crippen LogP contribution in [0.25, 0.3) is 21.8 Å². The fraction of sp³-hybridized carbons (Fsp3) is 0.192. The maximum absolute atomic E-state index is 12.8. The molecule has 0 fully saturated rings. The number of ether oxygens (including phenoxy) is 2. The van der Waals surface area contributed by atoms with Gasteiger partial charge in [0.25, 0.3) is 5.91 Å². The molecule has 180 valence electrons. The third-order valence-corrected chi connectivity index (χ3v) is 5.41. The average molecular weight is 480 g/mol. The summed E-state index contributed by atoms with van der Waals surface area (Å²) in [7, 11) is 0. The highest BCUT2D eigenvalue weighted by molar-refractivity contribution is 5.94. The van der Waals surface area contributed by atoms with E-state index in [9.17, 15) is 23.2 Å². The molecule has 0 atom stereocenters. The number of rotatable bonds is 9. The van der Waals surface area contributed by atoms with E-state index >= 15 is 0 Å². The number of carbonyl (C=O) groups excluding carboxylic acids is 2. The van der Waals surface area contributed by atoms with Crippen molar-refractivity contribution in [2.45, 2.75) is 19.6 Å². The summed E-state index contributed by atoms with van der Waals surface area (Å²) in [4.78, 5) is 37.4. The van der Waals surface area contributed by atoms with E-state index in [1.165, 1.54) is 12.1 Å². The molecule has 1 N–H and O–H groups in total. The van der Waals surface area contributed by atoms with Crippen LogP contribution in [0.4, 0.5) is 8.78 Å². The van der Waals surface area contributed by atoms with Gasteiger partial charge in [0.05, 0.1) is 11.0 Å². The minimum Gasteiger partial charge on any atom is -0.454 e. The van der Waals surface area contributed by atoms with E-state index in [2.05, 4.69) is 10.1 Å². The molecule has 0 saturated carbocycles. The monoisotopic (exact) mass is 480 g/mol. The Hall–Kier alpha value is -4.27. The van der Waals surface area contributed by atoms with Crippen molar-refractivity contribution >= 4 is 33.7 Å². The zero-order valence-corrected chi connectivity index (χ0v) is 18.6. The molecular formula is C26H22F2N2O5. The molecule has 0 saturated heterocycles. The molecule has 0 bridgehead atoms. The van der Waals surface area contributed by atoms with Crippen molar-refractivity contribution in [3.05, 3.63) is 88.6 Å². The molecule has 0 spiro atoms. The number of fused-ring (bicyclic) bond motifs is 2. The molecule has 1 amide bonds. The quantitative estimate of drug-likeness (QED) is 0.292. The second kappa shape index (κ2) is 10.8. The number of pyridine rings is 1. The summed E-state index contributed by atoms with van der Waals surface area (Å²) >= 11 is 0. The first kappa shape index (κ1) is 23.9. The van der Waals surface area contributed by atoms with Crippen molar-refractivity contribution in [3.63, 3.8) is 0 Å². The lowest BCUT2D eigenvalue weighted by Crippen LogP contribution is -2.31. The zero-order chi connectivity index (χ0) is 24.8. The van der Waals surface area contributed by atoms with Gasteiger partial charge in [0.15, 0.2) is 12.0 Å². The molecule has 0 radical (unpaired) electrons. The lowest BCUT2D eigenvalue weighted by Gasteiger charge is -2.14. The van der Waals surface area contributed by atoms with E-state index in [-0.39, 0.29) is 24.3 Å². The van der Waals surface area contributed by atoms with Crippen molar-refractivity contribution in [2.75, 3.05) is 13.2 Å². The zero-order valence-electron chi connectivity index (χ0n) is 18.6. The Kier molecular flexibility index (Phi) is 7.35. The summed E-state index contributed by atoms with van der Waals surface area (Å²) in [5.74, 6) is -1.03. The van der Waals surface area contributed by atoms with Gasteiger partial charge in [0, 0.05) is 17.3 Å². The van der Waals surface area contributed by atoms with E-state index in [0.29, 0.717) is 28.2 Å². The number of nitrogens with zero attached hydrogens (tertiary/aromatic N) is 1. The van der Waals surface area contributed by atoms with Gasteiger partial charge in [-0.05, 0) is 48.4 Å². The van der Waals surface area contributed by atoms with Gasteiger partial charge in [-0.2, -0.15) is 8.78 Å². The Labute approximate surface area is 198 Å². The van der Waals surface area contributed by atoms with Crippen LogP contribution < -0.4 is 15.5 Å². The Morgan fingerprint density at radius 2 is 1.49 bits per heavy atom. The topological polar surface area (TPSA) is 86.6 Å². The van der Waals surface area contributed by atoms with Crippen LogP contribution in [0.2, 0.25) is 0 Å². The number of aromatic nitrogens is 1. The molecule has 1 aromatic heterocycles. The molecule has 35 heavy (non-hydrogen) atoms. The van der Waals surface area contributed by atoms with Crippen molar-refractivity contribution in [1.29, 1.82) is 0 Å². The summed E-state index contributed by atoms with van der Waals surface area (Å²) in [6.07, 6.45) is 0.462. The highest BCUT2D eigenvalue weighted by Gasteiger charge is 2.14. The number of benzene rings is 3. The second-order valence-electron chi connectivity index (χ2n) is 7.73. The van der Waals surface area contributed by atoms with E-state index in [4.69, 9.17) is 4.74 Å². The molecule has 0 aliphatic rings. The minimum atomic E-state index is -2.88. The third-order valence-electron chi connectivity index (χ3n) is 5.41. The molecule has 4 aromatic rings. The summed E-state index contributed by atoms with van der Waals surface area (Å²) in [6.45, 7) is -3.22. The molecular weight excluding hydrogens is 458 g/mol. The lowest BCUT2D eigenvalue weighted by molar-refractivity contribution is -0.149. The first-order valence-corrected chi connectivity index (χ1v) is 10.9. The number of hydrogen-bond donors (Lipinski definition) is 1. The van der Waals surface area contributed by atoms with Crippen molar-refractivity contribution < 1.29 is 27.8 Å². The number of nitrogens with one attached hydrogen (secondary N) is 1. The third kappa shape index (κ3) is 5.81. The predicted molar refractivity (Wildman–Crippen MR) is 126 cm³/mol. The van der Waals surface area contributed by atoms with Gasteiger partial charge in [-0.15, -0.1) is 0 Å². The summed E-state index contributed by atoms with van der Waals surface area (Å²) in [6, 6.07) is 20.1. The van der Waals surface area contributed by atoms with Gasteiger partial charge in [-0.3, -0.25) is 14.4 Å². The Morgan fingerprint density at radius 1 is 0.886 bits per heavy atom. The lowest BCUT2D eigenvalue weighted by atomic mass is 10.1. The predicted octanol–water partition coefficient (Wildman–Crippen LogP) is 3.66. The smallest absolute Gasteiger partial charge is 0.387 e. The maximum Gasteiger partial charge on any atom is 0.387 e. The average Bonchev–Trinajstić information content (AvgIpc) is 2.86. The molecule has 0 aliphatic heterocycles. The number of esters is 1. The molecule has 1 heterocycles. The van der Waals surface area contributed by atoms with Crippen LogP contribution in [0.15, 0.2) is 77.6 Å². The highest BCUT2D eigenvalue weighted by Crippen LogP contribution is 2.19. The van der Waals surface area contributed by atoms with Crippen LogP contribution in [0.3, 0.4) is 0 Å². The van der Waals surface area contributed by atoms with Gasteiger partial charge in [-0.1, -0.05) is 36.4 Å². The van der Waals surface area contributed by atoms with Crippen LogP contribution in [0.5, 0.6) is 5.75 Å². The van der Waals surface area contributed by atoms with Crippen LogP contribution >= 0.6 is 0 Å². The fourth-order valence-corrected chi connectivity index (χ4v) is 3.80. The van der Waals surface area contributed by atoms with Gasteiger partial charge >= 0.3 is 12.6 Å². The number of amides is 1. The summed E-state index contributed by atoms with van der Waals surface area (Å²) in [5, 5.41) is 3.63. The first-order chi connectivity index (χ1) is 16.9. The Bertz CT molecular complexity index is 1360. The molecule has 0 aliphatic carbocycles. The van der Waals surface area contributed by atoms with E-state index in [0.717, 1.165) is 5.56 Å². The number of para-hydroxylation sites is 2. The maximum atomic E-state index is 12.8. The number of hydrogen-bond acceptors (Lipinski definition) is 5. The fourth-order valence-electron chi connectivity index (χ4n) is 3.80. The molecule has 0 unspecified atom stereocenters. The van der Waals surface area contributed by atoms with Gasteiger partial charge < -0.3 is 19.4 Å². The molecule has 4 rings (SSSR count). The SMILES string of the molecule is O=C(COC(=O)Cn1c2ccccc2c(=O)c2ccccc21)NCCc1ccc(OC(F)F)cc1. The van der Waals surface area contributed by atoms with Crippen molar-refractivity contribution in [3.8, 4) is 5.75 Å². The molecule has 9 heteroatoms. The van der Waals surface area contributed by atoms with E-state index < -0.39 is 25.1 Å². The Balaban J connectivity index is 1.33. The minimum absolute atomic E-state index is 0.0583. The largest absolute Gasteiger partial charge is 0.454 e. The summed E-state index contributed by atoms with van der Waals surface area (Å²) < 4.78 is 35.5. The normalized spacial score (nSPS) is 11.1. The van der Waals surface area contributed by atoms with Crippen molar-refractivity contribution in [1.82, 2.24) is 9.88 Å².